The van der Waals surface area contributed by atoms with Crippen LogP contribution in [0.2, 0.25) is 0 Å². The molecule has 3 nitrogen and oxygen atoms in total. The van der Waals surface area contributed by atoms with E-state index in [4.69, 9.17) is 0 Å². The van der Waals surface area contributed by atoms with Gasteiger partial charge < -0.3 is 5.11 Å². The third-order valence-corrected chi connectivity index (χ3v) is 2.35. The van der Waals surface area contributed by atoms with Gasteiger partial charge in [0.2, 0.25) is 0 Å². The lowest BCUT2D eigenvalue weighted by atomic mass is 10.1. The maximum atomic E-state index is 12.4. The summed E-state index contributed by atoms with van der Waals surface area (Å²) in [6.07, 6.45) is -1.04. The van der Waals surface area contributed by atoms with Gasteiger partial charge in [-0.05, 0) is 27.7 Å². The van der Waals surface area contributed by atoms with Crippen molar-refractivity contribution in [2.45, 2.75) is 39.8 Å². The topological polar surface area (TPSA) is 38.0 Å². The van der Waals surface area contributed by atoms with E-state index in [1.165, 1.54) is 0 Å². The first-order chi connectivity index (χ1) is 6.49. The molecule has 80 valence electrons. The first-order valence-corrected chi connectivity index (χ1v) is 4.78. The van der Waals surface area contributed by atoms with Crippen LogP contribution in [0.5, 0.6) is 0 Å². The molecule has 0 saturated heterocycles. The zero-order valence-electron chi connectivity index (χ0n) is 9.08. The van der Waals surface area contributed by atoms with E-state index in [0.29, 0.717) is 11.3 Å². The zero-order valence-corrected chi connectivity index (χ0v) is 9.08. The van der Waals surface area contributed by atoms with Gasteiger partial charge in [0.15, 0.2) is 0 Å². The van der Waals surface area contributed by atoms with Crippen molar-refractivity contribution in [2.75, 3.05) is 6.67 Å². The third kappa shape index (κ3) is 1.80. The Morgan fingerprint density at radius 2 is 2.00 bits per heavy atom. The maximum absolute atomic E-state index is 12.4. The molecule has 0 aromatic carbocycles. The summed E-state index contributed by atoms with van der Waals surface area (Å²) in [5, 5.41) is 13.7. The summed E-state index contributed by atoms with van der Waals surface area (Å²) in [7, 11) is 0. The lowest BCUT2D eigenvalue weighted by Crippen LogP contribution is -2.07. The molecule has 0 spiro atoms. The highest BCUT2D eigenvalue weighted by Gasteiger charge is 2.19. The summed E-state index contributed by atoms with van der Waals surface area (Å²) in [5.74, 6) is 0. The van der Waals surface area contributed by atoms with Crippen LogP contribution in [-0.2, 0) is 0 Å². The molecular formula is C10H17FN2O. The van der Waals surface area contributed by atoms with Crippen LogP contribution in [0, 0.1) is 13.8 Å². The number of aromatic nitrogens is 2. The minimum atomic E-state index is -1.04. The molecule has 0 aliphatic heterocycles. The highest BCUT2D eigenvalue weighted by atomic mass is 19.1. The number of aryl methyl sites for hydroxylation is 1. The fraction of sp³-hybridized carbons (Fsp3) is 0.700. The van der Waals surface area contributed by atoms with Gasteiger partial charge in [0, 0.05) is 17.3 Å². The Labute approximate surface area is 83.6 Å². The van der Waals surface area contributed by atoms with Crippen LogP contribution in [0.25, 0.3) is 0 Å². The smallest absolute Gasteiger partial charge is 0.120 e. The third-order valence-electron chi connectivity index (χ3n) is 2.35. The molecule has 0 fully saturated rings. The molecule has 1 unspecified atom stereocenters. The summed E-state index contributed by atoms with van der Waals surface area (Å²) in [6, 6.07) is 0.231. The second-order valence-electron chi connectivity index (χ2n) is 3.79. The molecule has 4 heteroatoms. The number of rotatable bonds is 3. The van der Waals surface area contributed by atoms with E-state index >= 15 is 0 Å². The van der Waals surface area contributed by atoms with Crippen molar-refractivity contribution in [3.8, 4) is 0 Å². The van der Waals surface area contributed by atoms with Gasteiger partial charge >= 0.3 is 0 Å². The molecule has 1 aromatic rings. The number of aliphatic hydroxyl groups is 1. The number of halogens is 1. The highest BCUT2D eigenvalue weighted by molar-refractivity contribution is 5.27. The number of hydrogen-bond donors (Lipinski definition) is 1. The maximum Gasteiger partial charge on any atom is 0.120 e. The van der Waals surface area contributed by atoms with Crippen molar-refractivity contribution in [1.82, 2.24) is 9.78 Å². The SMILES string of the molecule is Cc1nn(C(C)C)c(C)c1C(O)CF. The Bertz CT molecular complexity index is 320. The van der Waals surface area contributed by atoms with Crippen LogP contribution in [0.15, 0.2) is 0 Å². The van der Waals surface area contributed by atoms with Gasteiger partial charge in [-0.15, -0.1) is 0 Å². The van der Waals surface area contributed by atoms with Crippen molar-refractivity contribution in [1.29, 1.82) is 0 Å². The predicted molar refractivity (Wildman–Crippen MR) is 53.0 cm³/mol. The Morgan fingerprint density at radius 1 is 1.43 bits per heavy atom. The van der Waals surface area contributed by atoms with Gasteiger partial charge in [0.25, 0.3) is 0 Å². The fourth-order valence-electron chi connectivity index (χ4n) is 1.74. The molecule has 1 rings (SSSR count). The van der Waals surface area contributed by atoms with Gasteiger partial charge in [0.05, 0.1) is 5.69 Å². The average Bonchev–Trinajstić information content (AvgIpc) is 2.41. The molecule has 0 aliphatic rings. The normalized spacial score (nSPS) is 13.6. The lowest BCUT2D eigenvalue weighted by Gasteiger charge is -2.10. The Kier molecular flexibility index (Phi) is 3.26. The number of hydrogen-bond acceptors (Lipinski definition) is 2. The quantitative estimate of drug-likeness (QED) is 0.811. The Hall–Kier alpha value is -0.900. The summed E-state index contributed by atoms with van der Waals surface area (Å²) in [4.78, 5) is 0. The molecular weight excluding hydrogens is 183 g/mol. The first-order valence-electron chi connectivity index (χ1n) is 4.78. The molecule has 14 heavy (non-hydrogen) atoms. The number of aliphatic hydroxyl groups excluding tert-OH is 1. The molecule has 0 bridgehead atoms. The van der Waals surface area contributed by atoms with Crippen molar-refractivity contribution in [3.05, 3.63) is 17.0 Å². The largest absolute Gasteiger partial charge is 0.386 e. The molecule has 0 amide bonds. The van der Waals surface area contributed by atoms with E-state index in [-0.39, 0.29) is 6.04 Å². The monoisotopic (exact) mass is 200 g/mol. The summed E-state index contributed by atoms with van der Waals surface area (Å²) >= 11 is 0. The van der Waals surface area contributed by atoms with Gasteiger partial charge in [-0.3, -0.25) is 4.68 Å². The summed E-state index contributed by atoms with van der Waals surface area (Å²) < 4.78 is 14.2. The van der Waals surface area contributed by atoms with Crippen molar-refractivity contribution >= 4 is 0 Å². The van der Waals surface area contributed by atoms with Gasteiger partial charge in [-0.2, -0.15) is 5.10 Å². The van der Waals surface area contributed by atoms with Gasteiger partial charge in [0.1, 0.15) is 12.8 Å². The standard InChI is InChI=1S/C10H17FN2O/c1-6(2)13-8(4)10(7(3)12-13)9(14)5-11/h6,9,14H,5H2,1-4H3. The minimum Gasteiger partial charge on any atom is -0.386 e. The first kappa shape index (κ1) is 11.2. The highest BCUT2D eigenvalue weighted by Crippen LogP contribution is 2.23. The average molecular weight is 200 g/mol. The fourth-order valence-corrected chi connectivity index (χ4v) is 1.74. The van der Waals surface area contributed by atoms with E-state index in [1.807, 2.05) is 25.5 Å². The molecule has 0 saturated carbocycles. The van der Waals surface area contributed by atoms with Gasteiger partial charge in [-0.1, -0.05) is 0 Å². The minimum absolute atomic E-state index is 0.231. The molecule has 0 aliphatic carbocycles. The number of alkyl halides is 1. The van der Waals surface area contributed by atoms with Crippen LogP contribution in [-0.4, -0.2) is 21.6 Å². The Balaban J connectivity index is 3.17. The van der Waals surface area contributed by atoms with E-state index in [1.54, 1.807) is 6.92 Å². The van der Waals surface area contributed by atoms with Crippen molar-refractivity contribution < 1.29 is 9.50 Å². The second kappa shape index (κ2) is 4.09. The van der Waals surface area contributed by atoms with E-state index in [9.17, 15) is 9.50 Å². The van der Waals surface area contributed by atoms with Crippen molar-refractivity contribution in [2.24, 2.45) is 0 Å². The lowest BCUT2D eigenvalue weighted by molar-refractivity contribution is 0.140. The summed E-state index contributed by atoms with van der Waals surface area (Å²) in [6.45, 7) is 6.90. The predicted octanol–water partition coefficient (Wildman–Crippen LogP) is 2.08. The molecule has 0 radical (unpaired) electrons. The van der Waals surface area contributed by atoms with Crippen LogP contribution < -0.4 is 0 Å². The number of nitrogens with zero attached hydrogens (tertiary/aromatic N) is 2. The van der Waals surface area contributed by atoms with Gasteiger partial charge in [-0.25, -0.2) is 4.39 Å². The zero-order chi connectivity index (χ0) is 10.9. The second-order valence-corrected chi connectivity index (χ2v) is 3.79. The summed E-state index contributed by atoms with van der Waals surface area (Å²) in [5.41, 5.74) is 2.19. The van der Waals surface area contributed by atoms with E-state index in [2.05, 4.69) is 5.10 Å². The van der Waals surface area contributed by atoms with Crippen molar-refractivity contribution in [3.63, 3.8) is 0 Å². The molecule has 1 atom stereocenters. The van der Waals surface area contributed by atoms with Crippen LogP contribution in [0.1, 0.15) is 42.9 Å². The molecule has 1 N–H and O–H groups in total. The van der Waals surface area contributed by atoms with Crippen LogP contribution >= 0.6 is 0 Å². The van der Waals surface area contributed by atoms with E-state index in [0.717, 1.165) is 5.69 Å². The van der Waals surface area contributed by atoms with Crippen LogP contribution in [0.4, 0.5) is 4.39 Å². The Morgan fingerprint density at radius 3 is 2.36 bits per heavy atom. The van der Waals surface area contributed by atoms with Crippen LogP contribution in [0.3, 0.4) is 0 Å². The molecule has 1 heterocycles. The van der Waals surface area contributed by atoms with E-state index < -0.39 is 12.8 Å². The molecule has 1 aromatic heterocycles.